The van der Waals surface area contributed by atoms with Gasteiger partial charge in [-0.15, -0.1) is 12.4 Å². The predicted octanol–water partition coefficient (Wildman–Crippen LogP) is 2.87. The highest BCUT2D eigenvalue weighted by Gasteiger charge is 2.36. The Hall–Kier alpha value is -1.31. The standard InChI is InChI=1S/C16H21F3N2O2.ClH/c1-23-11-15(6-8-20-9-7-15)10-21-14(22)12-4-2-3-5-13(12)16(17,18)19;/h2-5,20H,6-11H2,1H3,(H,21,22);1H. The first-order valence-electron chi connectivity index (χ1n) is 7.52. The molecule has 24 heavy (non-hydrogen) atoms. The van der Waals surface area contributed by atoms with Crippen molar-refractivity contribution in [2.45, 2.75) is 19.0 Å². The first-order chi connectivity index (χ1) is 10.9. The third-order valence-electron chi connectivity index (χ3n) is 4.22. The Morgan fingerprint density at radius 3 is 2.50 bits per heavy atom. The van der Waals surface area contributed by atoms with E-state index in [9.17, 15) is 18.0 Å². The molecule has 1 aliphatic rings. The molecule has 1 aromatic rings. The number of carbonyl (C=O) groups excluding carboxylic acids is 1. The van der Waals surface area contributed by atoms with Crippen molar-refractivity contribution in [3.63, 3.8) is 0 Å². The molecule has 0 aromatic heterocycles. The van der Waals surface area contributed by atoms with Crippen molar-refractivity contribution < 1.29 is 22.7 Å². The number of hydrogen-bond donors (Lipinski definition) is 2. The van der Waals surface area contributed by atoms with Crippen LogP contribution in [0.4, 0.5) is 13.2 Å². The lowest BCUT2D eigenvalue weighted by molar-refractivity contribution is -0.137. The quantitative estimate of drug-likeness (QED) is 0.842. The van der Waals surface area contributed by atoms with Gasteiger partial charge in [0.05, 0.1) is 17.7 Å². The number of nitrogens with one attached hydrogen (secondary N) is 2. The molecule has 2 rings (SSSR count). The Balaban J connectivity index is 0.00000288. The van der Waals surface area contributed by atoms with E-state index in [1.807, 2.05) is 0 Å². The van der Waals surface area contributed by atoms with Crippen molar-refractivity contribution in [3.8, 4) is 0 Å². The van der Waals surface area contributed by atoms with Gasteiger partial charge in [-0.3, -0.25) is 4.79 Å². The Morgan fingerprint density at radius 2 is 1.92 bits per heavy atom. The minimum atomic E-state index is -4.55. The number of rotatable bonds is 5. The number of carbonyl (C=O) groups is 1. The smallest absolute Gasteiger partial charge is 0.384 e. The Kier molecular flexibility index (Phi) is 7.51. The first-order valence-corrected chi connectivity index (χ1v) is 7.52. The molecule has 0 saturated carbocycles. The summed E-state index contributed by atoms with van der Waals surface area (Å²) in [5, 5.41) is 5.89. The van der Waals surface area contributed by atoms with Crippen LogP contribution < -0.4 is 10.6 Å². The van der Waals surface area contributed by atoms with Crippen LogP contribution in [0.15, 0.2) is 24.3 Å². The maximum absolute atomic E-state index is 13.0. The van der Waals surface area contributed by atoms with Crippen molar-refractivity contribution in [1.29, 1.82) is 0 Å². The van der Waals surface area contributed by atoms with Crippen molar-refractivity contribution in [2.75, 3.05) is 33.4 Å². The van der Waals surface area contributed by atoms with Crippen LogP contribution in [0, 0.1) is 5.41 Å². The fourth-order valence-corrected chi connectivity index (χ4v) is 2.93. The van der Waals surface area contributed by atoms with Gasteiger partial charge in [0.15, 0.2) is 0 Å². The molecule has 0 radical (unpaired) electrons. The molecule has 1 saturated heterocycles. The molecule has 0 atom stereocenters. The molecule has 0 aliphatic carbocycles. The topological polar surface area (TPSA) is 50.4 Å². The highest BCUT2D eigenvalue weighted by Crippen LogP contribution is 2.32. The van der Waals surface area contributed by atoms with Gasteiger partial charge in [0, 0.05) is 19.1 Å². The Bertz CT molecular complexity index is 541. The molecule has 0 spiro atoms. The summed E-state index contributed by atoms with van der Waals surface area (Å²) in [6.07, 6.45) is -2.93. The number of hydrogen-bond acceptors (Lipinski definition) is 3. The van der Waals surface area contributed by atoms with Crippen molar-refractivity contribution in [2.24, 2.45) is 5.41 Å². The SMILES string of the molecule is COCC1(CNC(=O)c2ccccc2C(F)(F)F)CCNCC1.Cl. The maximum atomic E-state index is 13.0. The van der Waals surface area contributed by atoms with Crippen LogP contribution in [0.3, 0.4) is 0 Å². The average molecular weight is 367 g/mol. The fourth-order valence-electron chi connectivity index (χ4n) is 2.93. The predicted molar refractivity (Wildman–Crippen MR) is 87.4 cm³/mol. The van der Waals surface area contributed by atoms with E-state index < -0.39 is 17.6 Å². The van der Waals surface area contributed by atoms with Crippen LogP contribution >= 0.6 is 12.4 Å². The number of halogens is 4. The monoisotopic (exact) mass is 366 g/mol. The molecular weight excluding hydrogens is 345 g/mol. The summed E-state index contributed by atoms with van der Waals surface area (Å²) in [6, 6.07) is 4.83. The average Bonchev–Trinajstić information content (AvgIpc) is 2.53. The molecule has 1 fully saturated rings. The third kappa shape index (κ3) is 5.09. The summed E-state index contributed by atoms with van der Waals surface area (Å²) >= 11 is 0. The zero-order chi connectivity index (χ0) is 16.9. The van der Waals surface area contributed by atoms with Gasteiger partial charge in [-0.1, -0.05) is 12.1 Å². The second kappa shape index (κ2) is 8.69. The van der Waals surface area contributed by atoms with Crippen molar-refractivity contribution >= 4 is 18.3 Å². The Morgan fingerprint density at radius 1 is 1.29 bits per heavy atom. The summed E-state index contributed by atoms with van der Waals surface area (Å²) < 4.78 is 44.2. The summed E-state index contributed by atoms with van der Waals surface area (Å²) in [4.78, 5) is 12.2. The van der Waals surface area contributed by atoms with Crippen LogP contribution in [0.1, 0.15) is 28.8 Å². The molecule has 0 unspecified atom stereocenters. The molecule has 1 aromatic carbocycles. The maximum Gasteiger partial charge on any atom is 0.417 e. The van der Waals surface area contributed by atoms with Gasteiger partial charge < -0.3 is 15.4 Å². The molecular formula is C16H22ClF3N2O2. The minimum absolute atomic E-state index is 0. The number of benzene rings is 1. The molecule has 0 bridgehead atoms. The zero-order valence-corrected chi connectivity index (χ0v) is 14.2. The number of methoxy groups -OCH3 is 1. The van der Waals surface area contributed by atoms with E-state index in [1.165, 1.54) is 18.2 Å². The second-order valence-electron chi connectivity index (χ2n) is 5.91. The van der Waals surface area contributed by atoms with Gasteiger partial charge in [-0.25, -0.2) is 0 Å². The second-order valence-corrected chi connectivity index (χ2v) is 5.91. The lowest BCUT2D eigenvalue weighted by atomic mass is 9.79. The van der Waals surface area contributed by atoms with Crippen LogP contribution in [0.2, 0.25) is 0 Å². The molecule has 1 amide bonds. The molecule has 2 N–H and O–H groups in total. The van der Waals surface area contributed by atoms with E-state index in [-0.39, 0.29) is 23.4 Å². The molecule has 4 nitrogen and oxygen atoms in total. The molecule has 1 heterocycles. The van der Waals surface area contributed by atoms with Gasteiger partial charge in [-0.05, 0) is 38.1 Å². The molecule has 136 valence electrons. The van der Waals surface area contributed by atoms with Gasteiger partial charge in [-0.2, -0.15) is 13.2 Å². The first kappa shape index (κ1) is 20.7. The highest BCUT2D eigenvalue weighted by atomic mass is 35.5. The van der Waals surface area contributed by atoms with Crippen LogP contribution in [-0.4, -0.2) is 39.3 Å². The molecule has 8 heteroatoms. The largest absolute Gasteiger partial charge is 0.417 e. The van der Waals surface area contributed by atoms with Gasteiger partial charge in [0.25, 0.3) is 5.91 Å². The summed E-state index contributed by atoms with van der Waals surface area (Å²) in [5.74, 6) is -0.702. The molecule has 1 aliphatic heterocycles. The van der Waals surface area contributed by atoms with E-state index >= 15 is 0 Å². The minimum Gasteiger partial charge on any atom is -0.384 e. The van der Waals surface area contributed by atoms with Gasteiger partial charge >= 0.3 is 6.18 Å². The van der Waals surface area contributed by atoms with Crippen LogP contribution in [0.25, 0.3) is 0 Å². The lowest BCUT2D eigenvalue weighted by Crippen LogP contribution is -2.47. The lowest BCUT2D eigenvalue weighted by Gasteiger charge is -2.37. The van der Waals surface area contributed by atoms with Crippen LogP contribution in [-0.2, 0) is 10.9 Å². The van der Waals surface area contributed by atoms with E-state index in [4.69, 9.17) is 4.74 Å². The van der Waals surface area contributed by atoms with Crippen molar-refractivity contribution in [1.82, 2.24) is 10.6 Å². The number of ether oxygens (including phenoxy) is 1. The van der Waals surface area contributed by atoms with Gasteiger partial charge in [0.2, 0.25) is 0 Å². The van der Waals surface area contributed by atoms with E-state index in [0.29, 0.717) is 13.2 Å². The van der Waals surface area contributed by atoms with Crippen LogP contribution in [0.5, 0.6) is 0 Å². The van der Waals surface area contributed by atoms with E-state index in [2.05, 4.69) is 10.6 Å². The van der Waals surface area contributed by atoms with E-state index in [1.54, 1.807) is 7.11 Å². The third-order valence-corrected chi connectivity index (χ3v) is 4.22. The number of piperidine rings is 1. The number of amides is 1. The summed E-state index contributed by atoms with van der Waals surface area (Å²) in [7, 11) is 1.59. The van der Waals surface area contributed by atoms with Crippen molar-refractivity contribution in [3.05, 3.63) is 35.4 Å². The van der Waals surface area contributed by atoms with Gasteiger partial charge in [0.1, 0.15) is 0 Å². The summed E-state index contributed by atoms with van der Waals surface area (Å²) in [6.45, 7) is 2.38. The normalized spacial score (nSPS) is 17.0. The number of alkyl halides is 3. The summed E-state index contributed by atoms with van der Waals surface area (Å²) in [5.41, 5.74) is -1.49. The fraction of sp³-hybridized carbons (Fsp3) is 0.562. The Labute approximate surface area is 145 Å². The highest BCUT2D eigenvalue weighted by molar-refractivity contribution is 5.95. The van der Waals surface area contributed by atoms with E-state index in [0.717, 1.165) is 32.0 Å². The zero-order valence-electron chi connectivity index (χ0n) is 13.4.